The van der Waals surface area contributed by atoms with Gasteiger partial charge in [0.2, 0.25) is 0 Å². The van der Waals surface area contributed by atoms with Gasteiger partial charge in [-0.25, -0.2) is 4.39 Å². The molecule has 0 saturated heterocycles. The lowest BCUT2D eigenvalue weighted by molar-refractivity contribution is 0.133. The van der Waals surface area contributed by atoms with Crippen LogP contribution in [-0.2, 0) is 6.42 Å². The molecule has 1 aliphatic rings. The van der Waals surface area contributed by atoms with E-state index in [1.165, 1.54) is 37.8 Å². The second-order valence-corrected chi connectivity index (χ2v) is 6.75. The highest BCUT2D eigenvalue weighted by atomic mass is 35.5. The van der Waals surface area contributed by atoms with Gasteiger partial charge >= 0.3 is 0 Å². The van der Waals surface area contributed by atoms with E-state index in [9.17, 15) is 4.39 Å². The Hall–Kier alpha value is -0.560. The molecule has 0 spiro atoms. The van der Waals surface area contributed by atoms with Crippen LogP contribution in [0.4, 0.5) is 4.39 Å². The van der Waals surface area contributed by atoms with Crippen molar-refractivity contribution in [1.82, 2.24) is 0 Å². The van der Waals surface area contributed by atoms with Crippen LogP contribution in [0.3, 0.4) is 0 Å². The molecule has 0 aromatic heterocycles. The lowest BCUT2D eigenvalue weighted by atomic mass is 9.67. The molecule has 0 bridgehead atoms. The van der Waals surface area contributed by atoms with Gasteiger partial charge in [0.1, 0.15) is 5.82 Å². The lowest BCUT2D eigenvalue weighted by Gasteiger charge is -2.41. The number of halogens is 2. The quantitative estimate of drug-likeness (QED) is 0.662. The number of alkyl halides is 1. The van der Waals surface area contributed by atoms with Crippen molar-refractivity contribution in [3.63, 3.8) is 0 Å². The molecular formula is C16H22ClF. The maximum absolute atomic E-state index is 12.9. The highest BCUT2D eigenvalue weighted by Crippen LogP contribution is 2.44. The normalized spacial score (nSPS) is 24.8. The summed E-state index contributed by atoms with van der Waals surface area (Å²) in [7, 11) is 0. The molecule has 0 nitrogen and oxygen atoms in total. The van der Waals surface area contributed by atoms with Crippen LogP contribution >= 0.6 is 11.6 Å². The van der Waals surface area contributed by atoms with Gasteiger partial charge in [-0.15, -0.1) is 11.6 Å². The molecule has 2 rings (SSSR count). The highest BCUT2D eigenvalue weighted by molar-refractivity contribution is 6.21. The van der Waals surface area contributed by atoms with Crippen LogP contribution in [0.1, 0.15) is 45.1 Å². The van der Waals surface area contributed by atoms with Gasteiger partial charge in [-0.3, -0.25) is 0 Å². The largest absolute Gasteiger partial charge is 0.207 e. The van der Waals surface area contributed by atoms with Crippen LogP contribution in [-0.4, -0.2) is 5.38 Å². The van der Waals surface area contributed by atoms with E-state index < -0.39 is 0 Å². The minimum atomic E-state index is -0.178. The van der Waals surface area contributed by atoms with Crippen LogP contribution in [0.25, 0.3) is 0 Å². The average molecular weight is 269 g/mol. The third-order valence-corrected chi connectivity index (χ3v) is 4.83. The van der Waals surface area contributed by atoms with Gasteiger partial charge in [0.25, 0.3) is 0 Å². The van der Waals surface area contributed by atoms with Crippen molar-refractivity contribution in [3.8, 4) is 0 Å². The zero-order valence-corrected chi connectivity index (χ0v) is 12.0. The van der Waals surface area contributed by atoms with E-state index in [0.717, 1.165) is 12.0 Å². The van der Waals surface area contributed by atoms with Gasteiger partial charge in [-0.05, 0) is 48.3 Å². The average Bonchev–Trinajstić information content (AvgIpc) is 2.31. The second-order valence-electron chi connectivity index (χ2n) is 6.19. The van der Waals surface area contributed by atoms with Gasteiger partial charge < -0.3 is 0 Å². The summed E-state index contributed by atoms with van der Waals surface area (Å²) in [4.78, 5) is 0. The second kappa shape index (κ2) is 5.61. The lowest BCUT2D eigenvalue weighted by Crippen LogP contribution is -2.35. The van der Waals surface area contributed by atoms with Crippen molar-refractivity contribution < 1.29 is 4.39 Å². The van der Waals surface area contributed by atoms with E-state index in [-0.39, 0.29) is 11.2 Å². The molecule has 0 radical (unpaired) electrons. The topological polar surface area (TPSA) is 0 Å². The maximum Gasteiger partial charge on any atom is 0.123 e. The molecule has 0 heterocycles. The predicted octanol–water partition coefficient (Wildman–Crippen LogP) is 5.19. The van der Waals surface area contributed by atoms with E-state index in [0.29, 0.717) is 11.3 Å². The Kier molecular flexibility index (Phi) is 4.32. The van der Waals surface area contributed by atoms with Crippen molar-refractivity contribution in [2.75, 3.05) is 0 Å². The summed E-state index contributed by atoms with van der Waals surface area (Å²) in [5.74, 6) is 0.390. The molecule has 2 atom stereocenters. The summed E-state index contributed by atoms with van der Waals surface area (Å²) in [5, 5.41) is 0.158. The Balaban J connectivity index is 2.02. The van der Waals surface area contributed by atoms with E-state index in [1.807, 2.05) is 12.1 Å². The molecule has 1 aromatic rings. The van der Waals surface area contributed by atoms with Crippen LogP contribution in [0, 0.1) is 17.2 Å². The molecule has 1 saturated carbocycles. The first-order valence-corrected chi connectivity index (χ1v) is 7.31. The first-order chi connectivity index (χ1) is 8.49. The first-order valence-electron chi connectivity index (χ1n) is 6.87. The molecule has 1 aromatic carbocycles. The molecule has 2 heteroatoms. The standard InChI is InChI=1S/C16H22ClF/c1-16(2)10-4-3-5-14(16)15(17)11-12-6-8-13(18)9-7-12/h6-9,14-15H,3-5,10-11H2,1-2H3. The van der Waals surface area contributed by atoms with Gasteiger partial charge in [0.05, 0.1) is 0 Å². The summed E-state index contributed by atoms with van der Waals surface area (Å²) in [6, 6.07) is 6.73. The zero-order valence-electron chi connectivity index (χ0n) is 11.3. The van der Waals surface area contributed by atoms with Crippen molar-refractivity contribution in [2.24, 2.45) is 11.3 Å². The molecular weight excluding hydrogens is 247 g/mol. The summed E-state index contributed by atoms with van der Waals surface area (Å²) >= 11 is 6.62. The van der Waals surface area contributed by atoms with Gasteiger partial charge in [0.15, 0.2) is 0 Å². The molecule has 2 unspecified atom stereocenters. The predicted molar refractivity (Wildman–Crippen MR) is 75.5 cm³/mol. The molecule has 0 aliphatic heterocycles. The fraction of sp³-hybridized carbons (Fsp3) is 0.625. The molecule has 0 N–H and O–H groups in total. The van der Waals surface area contributed by atoms with Gasteiger partial charge in [0, 0.05) is 5.38 Å². The summed E-state index contributed by atoms with van der Waals surface area (Å²) in [6.07, 6.45) is 5.95. The van der Waals surface area contributed by atoms with Crippen molar-refractivity contribution in [2.45, 2.75) is 51.3 Å². The molecule has 1 aliphatic carbocycles. The van der Waals surface area contributed by atoms with Crippen molar-refractivity contribution in [3.05, 3.63) is 35.6 Å². The third kappa shape index (κ3) is 3.26. The van der Waals surface area contributed by atoms with Crippen molar-refractivity contribution >= 4 is 11.6 Å². The van der Waals surface area contributed by atoms with Crippen molar-refractivity contribution in [1.29, 1.82) is 0 Å². The minimum Gasteiger partial charge on any atom is -0.207 e. The fourth-order valence-electron chi connectivity index (χ4n) is 3.18. The van der Waals surface area contributed by atoms with E-state index >= 15 is 0 Å². The van der Waals surface area contributed by atoms with Crippen LogP contribution in [0.5, 0.6) is 0 Å². The number of hydrogen-bond acceptors (Lipinski definition) is 0. The Labute approximate surface area is 115 Å². The van der Waals surface area contributed by atoms with E-state index in [1.54, 1.807) is 0 Å². The summed E-state index contributed by atoms with van der Waals surface area (Å²) < 4.78 is 12.9. The maximum atomic E-state index is 12.9. The number of rotatable bonds is 3. The molecule has 1 fully saturated rings. The SMILES string of the molecule is CC1(C)CCCCC1C(Cl)Cc1ccc(F)cc1. The van der Waals surface area contributed by atoms with E-state index in [2.05, 4.69) is 13.8 Å². The Morgan fingerprint density at radius 3 is 2.56 bits per heavy atom. The van der Waals surface area contributed by atoms with Crippen LogP contribution in [0.15, 0.2) is 24.3 Å². The third-order valence-electron chi connectivity index (χ3n) is 4.37. The monoisotopic (exact) mass is 268 g/mol. The molecule has 0 amide bonds. The minimum absolute atomic E-state index is 0.158. The van der Waals surface area contributed by atoms with E-state index in [4.69, 9.17) is 11.6 Å². The number of benzene rings is 1. The van der Waals surface area contributed by atoms with Crippen LogP contribution in [0.2, 0.25) is 0 Å². The van der Waals surface area contributed by atoms with Crippen LogP contribution < -0.4 is 0 Å². The Morgan fingerprint density at radius 2 is 1.94 bits per heavy atom. The Morgan fingerprint density at radius 1 is 1.28 bits per heavy atom. The van der Waals surface area contributed by atoms with Gasteiger partial charge in [-0.1, -0.05) is 38.8 Å². The molecule has 18 heavy (non-hydrogen) atoms. The smallest absolute Gasteiger partial charge is 0.123 e. The number of hydrogen-bond donors (Lipinski definition) is 0. The molecule has 100 valence electrons. The zero-order chi connectivity index (χ0) is 13.2. The fourth-order valence-corrected chi connectivity index (χ4v) is 3.82. The van der Waals surface area contributed by atoms with Gasteiger partial charge in [-0.2, -0.15) is 0 Å². The summed E-state index contributed by atoms with van der Waals surface area (Å²) in [6.45, 7) is 4.66. The first kappa shape index (κ1) is 13.9. The Bertz CT molecular complexity index is 383. The highest BCUT2D eigenvalue weighted by Gasteiger charge is 2.36. The summed E-state index contributed by atoms with van der Waals surface area (Å²) in [5.41, 5.74) is 1.47.